The highest BCUT2D eigenvalue weighted by molar-refractivity contribution is 5.80. The van der Waals surface area contributed by atoms with E-state index >= 15 is 0 Å². The summed E-state index contributed by atoms with van der Waals surface area (Å²) in [5, 5.41) is 0. The lowest BCUT2D eigenvalue weighted by Crippen LogP contribution is -1.96. The highest BCUT2D eigenvalue weighted by atomic mass is 14.8. The first-order valence-corrected chi connectivity index (χ1v) is 6.07. The molecule has 0 radical (unpaired) electrons. The summed E-state index contributed by atoms with van der Waals surface area (Å²) < 4.78 is 0. The second-order valence-electron chi connectivity index (χ2n) is 4.25. The van der Waals surface area contributed by atoms with Crippen molar-refractivity contribution in [2.75, 3.05) is 0 Å². The number of aromatic nitrogens is 2. The van der Waals surface area contributed by atoms with Gasteiger partial charge in [0.05, 0.1) is 22.9 Å². The SMILES string of the molecule is N/C(=C/c1cnc2ccccc2n1)c1ccccc1. The maximum atomic E-state index is 6.06. The van der Waals surface area contributed by atoms with E-state index in [0.29, 0.717) is 5.70 Å². The van der Waals surface area contributed by atoms with Gasteiger partial charge < -0.3 is 5.73 Å². The van der Waals surface area contributed by atoms with Crippen LogP contribution in [0.25, 0.3) is 22.8 Å². The molecular formula is C16H13N3. The molecule has 0 fully saturated rings. The molecule has 19 heavy (non-hydrogen) atoms. The third-order valence-electron chi connectivity index (χ3n) is 2.88. The first-order valence-electron chi connectivity index (χ1n) is 6.07. The van der Waals surface area contributed by atoms with Crippen molar-refractivity contribution in [2.45, 2.75) is 0 Å². The zero-order chi connectivity index (χ0) is 13.1. The largest absolute Gasteiger partial charge is 0.398 e. The third kappa shape index (κ3) is 2.45. The fraction of sp³-hybridized carbons (Fsp3) is 0. The van der Waals surface area contributed by atoms with Gasteiger partial charge in [0.25, 0.3) is 0 Å². The molecule has 2 aromatic carbocycles. The van der Waals surface area contributed by atoms with Gasteiger partial charge in [-0.1, -0.05) is 42.5 Å². The van der Waals surface area contributed by atoms with Crippen molar-refractivity contribution in [1.29, 1.82) is 0 Å². The Morgan fingerprint density at radius 3 is 2.37 bits per heavy atom. The van der Waals surface area contributed by atoms with Gasteiger partial charge in [0.1, 0.15) is 0 Å². The van der Waals surface area contributed by atoms with Crippen LogP contribution in [0.2, 0.25) is 0 Å². The Morgan fingerprint density at radius 2 is 1.58 bits per heavy atom. The van der Waals surface area contributed by atoms with Gasteiger partial charge in [0, 0.05) is 5.70 Å². The fourth-order valence-electron chi connectivity index (χ4n) is 1.91. The summed E-state index contributed by atoms with van der Waals surface area (Å²) in [4.78, 5) is 8.89. The maximum absolute atomic E-state index is 6.06. The first-order chi connectivity index (χ1) is 9.33. The van der Waals surface area contributed by atoms with Crippen molar-refractivity contribution in [3.05, 3.63) is 72.1 Å². The number of nitrogens with zero attached hydrogens (tertiary/aromatic N) is 2. The molecule has 2 N–H and O–H groups in total. The summed E-state index contributed by atoms with van der Waals surface area (Å²) in [6.07, 6.45) is 3.58. The molecule has 3 heteroatoms. The van der Waals surface area contributed by atoms with Gasteiger partial charge in [-0.3, -0.25) is 4.98 Å². The Bertz CT molecular complexity index is 733. The number of para-hydroxylation sites is 2. The predicted octanol–water partition coefficient (Wildman–Crippen LogP) is 3.09. The summed E-state index contributed by atoms with van der Waals surface area (Å²) in [6, 6.07) is 17.6. The van der Waals surface area contributed by atoms with E-state index in [0.717, 1.165) is 22.3 Å². The predicted molar refractivity (Wildman–Crippen MR) is 78.0 cm³/mol. The van der Waals surface area contributed by atoms with Crippen LogP contribution in [0.3, 0.4) is 0 Å². The van der Waals surface area contributed by atoms with E-state index in [2.05, 4.69) is 9.97 Å². The van der Waals surface area contributed by atoms with Gasteiger partial charge in [-0.05, 0) is 23.8 Å². The molecule has 3 aromatic rings. The van der Waals surface area contributed by atoms with Crippen molar-refractivity contribution < 1.29 is 0 Å². The Balaban J connectivity index is 2.01. The van der Waals surface area contributed by atoms with Gasteiger partial charge >= 0.3 is 0 Å². The standard InChI is InChI=1S/C16H13N3/c17-14(12-6-2-1-3-7-12)10-13-11-18-15-8-4-5-9-16(15)19-13/h1-11H,17H2/b14-10+. The molecule has 1 aromatic heterocycles. The molecule has 0 aliphatic carbocycles. The van der Waals surface area contributed by atoms with Gasteiger partial charge in [-0.25, -0.2) is 4.98 Å². The molecule has 0 atom stereocenters. The lowest BCUT2D eigenvalue weighted by Gasteiger charge is -2.02. The molecule has 0 bridgehead atoms. The molecule has 3 nitrogen and oxygen atoms in total. The average Bonchev–Trinajstić information content (AvgIpc) is 2.48. The molecule has 0 aliphatic heterocycles. The maximum Gasteiger partial charge on any atom is 0.0894 e. The van der Waals surface area contributed by atoms with E-state index in [4.69, 9.17) is 5.73 Å². The second kappa shape index (κ2) is 4.90. The van der Waals surface area contributed by atoms with Crippen molar-refractivity contribution in [3.63, 3.8) is 0 Å². The second-order valence-corrected chi connectivity index (χ2v) is 4.25. The Labute approximate surface area is 111 Å². The van der Waals surface area contributed by atoms with Gasteiger partial charge in [0.15, 0.2) is 0 Å². The van der Waals surface area contributed by atoms with E-state index in [-0.39, 0.29) is 0 Å². The minimum absolute atomic E-state index is 0.685. The molecular weight excluding hydrogens is 234 g/mol. The van der Waals surface area contributed by atoms with Crippen LogP contribution >= 0.6 is 0 Å². The van der Waals surface area contributed by atoms with E-state index in [1.807, 2.05) is 60.7 Å². The molecule has 0 saturated heterocycles. The van der Waals surface area contributed by atoms with E-state index in [1.54, 1.807) is 6.20 Å². The van der Waals surface area contributed by atoms with Gasteiger partial charge in [-0.15, -0.1) is 0 Å². The Hall–Kier alpha value is -2.68. The molecule has 0 saturated carbocycles. The number of hydrogen-bond acceptors (Lipinski definition) is 3. The number of fused-ring (bicyclic) bond motifs is 1. The lowest BCUT2D eigenvalue weighted by atomic mass is 10.1. The molecule has 0 spiro atoms. The zero-order valence-corrected chi connectivity index (χ0v) is 10.3. The van der Waals surface area contributed by atoms with Crippen LogP contribution in [-0.4, -0.2) is 9.97 Å². The quantitative estimate of drug-likeness (QED) is 0.757. The van der Waals surface area contributed by atoms with Gasteiger partial charge in [-0.2, -0.15) is 0 Å². The Kier molecular flexibility index (Phi) is 2.94. The van der Waals surface area contributed by atoms with Crippen LogP contribution in [0.5, 0.6) is 0 Å². The Morgan fingerprint density at radius 1 is 0.895 bits per heavy atom. The average molecular weight is 247 g/mol. The molecule has 92 valence electrons. The van der Waals surface area contributed by atoms with Crippen LogP contribution in [0.1, 0.15) is 11.3 Å². The highest BCUT2D eigenvalue weighted by Gasteiger charge is 1.99. The summed E-state index contributed by atoms with van der Waals surface area (Å²) in [6.45, 7) is 0. The van der Waals surface area contributed by atoms with Crippen LogP contribution in [-0.2, 0) is 0 Å². The monoisotopic (exact) mass is 247 g/mol. The number of nitrogens with two attached hydrogens (primary N) is 1. The topological polar surface area (TPSA) is 51.8 Å². The summed E-state index contributed by atoms with van der Waals surface area (Å²) in [5.74, 6) is 0. The number of hydrogen-bond donors (Lipinski definition) is 1. The van der Waals surface area contributed by atoms with Crippen LogP contribution in [0.4, 0.5) is 0 Å². The highest BCUT2D eigenvalue weighted by Crippen LogP contribution is 2.14. The minimum Gasteiger partial charge on any atom is -0.398 e. The summed E-state index contributed by atoms with van der Waals surface area (Å²) in [7, 11) is 0. The first kappa shape index (κ1) is 11.4. The number of rotatable bonds is 2. The third-order valence-corrected chi connectivity index (χ3v) is 2.88. The fourth-order valence-corrected chi connectivity index (χ4v) is 1.91. The van der Waals surface area contributed by atoms with E-state index < -0.39 is 0 Å². The normalized spacial score (nSPS) is 11.7. The molecule has 0 unspecified atom stereocenters. The van der Waals surface area contributed by atoms with Crippen LogP contribution in [0, 0.1) is 0 Å². The van der Waals surface area contributed by atoms with Crippen molar-refractivity contribution in [3.8, 4) is 0 Å². The van der Waals surface area contributed by atoms with E-state index in [9.17, 15) is 0 Å². The minimum atomic E-state index is 0.685. The van der Waals surface area contributed by atoms with Gasteiger partial charge in [0.2, 0.25) is 0 Å². The van der Waals surface area contributed by atoms with Crippen LogP contribution < -0.4 is 5.73 Å². The summed E-state index contributed by atoms with van der Waals surface area (Å²) >= 11 is 0. The summed E-state index contributed by atoms with van der Waals surface area (Å²) in [5.41, 5.74) is 10.3. The van der Waals surface area contributed by atoms with Crippen LogP contribution in [0.15, 0.2) is 60.8 Å². The van der Waals surface area contributed by atoms with E-state index in [1.165, 1.54) is 0 Å². The van der Waals surface area contributed by atoms with Crippen molar-refractivity contribution in [2.24, 2.45) is 5.73 Å². The van der Waals surface area contributed by atoms with Crippen molar-refractivity contribution >= 4 is 22.8 Å². The molecule has 0 amide bonds. The lowest BCUT2D eigenvalue weighted by molar-refractivity contribution is 1.26. The number of benzene rings is 2. The molecule has 0 aliphatic rings. The molecule has 1 heterocycles. The smallest absolute Gasteiger partial charge is 0.0894 e. The molecule has 3 rings (SSSR count). The zero-order valence-electron chi connectivity index (χ0n) is 10.3. The van der Waals surface area contributed by atoms with Crippen molar-refractivity contribution in [1.82, 2.24) is 9.97 Å².